The molecule has 1 heterocycles. The molecule has 0 aliphatic carbocycles. The largest absolute Gasteiger partial charge is 0.497 e. The maximum atomic E-state index is 13.7. The zero-order chi connectivity index (χ0) is 28.0. The van der Waals surface area contributed by atoms with Crippen LogP contribution in [0.5, 0.6) is 5.75 Å². The summed E-state index contributed by atoms with van der Waals surface area (Å²) in [7, 11) is -0.887. The molecule has 9 nitrogen and oxygen atoms in total. The molecule has 3 amide bonds. The lowest BCUT2D eigenvalue weighted by molar-refractivity contribution is -0.141. The van der Waals surface area contributed by atoms with Gasteiger partial charge in [0.05, 0.1) is 12.7 Å². The van der Waals surface area contributed by atoms with Gasteiger partial charge in [-0.1, -0.05) is 54.6 Å². The Morgan fingerprint density at radius 3 is 2.36 bits per heavy atom. The number of sulfonamides is 1. The van der Waals surface area contributed by atoms with Crippen molar-refractivity contribution in [1.82, 2.24) is 14.5 Å². The molecule has 10 heteroatoms. The molecular weight excluding hydrogens is 518 g/mol. The van der Waals surface area contributed by atoms with Crippen LogP contribution >= 0.6 is 0 Å². The molecule has 0 aromatic heterocycles. The van der Waals surface area contributed by atoms with Crippen molar-refractivity contribution in [1.29, 1.82) is 0 Å². The second kappa shape index (κ2) is 12.1. The van der Waals surface area contributed by atoms with Crippen LogP contribution in [0, 0.1) is 0 Å². The fraction of sp³-hybridized carbons (Fsp3) is 0.276. The number of ether oxygens (including phenoxy) is 1. The Hall–Kier alpha value is -4.18. The second-order valence-electron chi connectivity index (χ2n) is 9.17. The number of hydrogen-bond donors (Lipinski definition) is 1. The number of nitrogens with zero attached hydrogens (tertiary/aromatic N) is 2. The number of nitrogens with one attached hydrogen (secondary N) is 1. The zero-order valence-electron chi connectivity index (χ0n) is 21.9. The zero-order valence-corrected chi connectivity index (χ0v) is 22.7. The molecule has 39 heavy (non-hydrogen) atoms. The molecule has 3 aromatic carbocycles. The van der Waals surface area contributed by atoms with Crippen LogP contribution in [0.2, 0.25) is 0 Å². The average molecular weight is 550 g/mol. The Bertz CT molecular complexity index is 1460. The first-order valence-corrected chi connectivity index (χ1v) is 14.0. The molecule has 0 spiro atoms. The monoisotopic (exact) mass is 549 g/mol. The minimum Gasteiger partial charge on any atom is -0.497 e. The van der Waals surface area contributed by atoms with Crippen molar-refractivity contribution in [3.63, 3.8) is 0 Å². The second-order valence-corrected chi connectivity index (χ2v) is 11.0. The normalized spacial score (nSPS) is 14.4. The molecule has 1 aliphatic heterocycles. The number of methoxy groups -OCH3 is 1. The van der Waals surface area contributed by atoms with Crippen LogP contribution in [0.1, 0.15) is 34.3 Å². The van der Waals surface area contributed by atoms with Crippen LogP contribution in [0.4, 0.5) is 0 Å². The quantitative estimate of drug-likeness (QED) is 0.394. The number of carbonyl (C=O) groups excluding carboxylic acids is 3. The van der Waals surface area contributed by atoms with E-state index < -0.39 is 22.0 Å². The van der Waals surface area contributed by atoms with Crippen LogP contribution < -0.4 is 10.1 Å². The van der Waals surface area contributed by atoms with E-state index in [4.69, 9.17) is 4.74 Å². The molecule has 1 N–H and O–H groups in total. The molecule has 4 rings (SSSR count). The van der Waals surface area contributed by atoms with Crippen LogP contribution in [-0.2, 0) is 32.6 Å². The molecule has 0 bridgehead atoms. The standard InChI is InChI=1S/C29H31N3O6S/c1-30-28(34)25(19-21-10-4-3-5-11-21)31(20-22-12-8-13-23(18-22)38-2)27(33)16-9-17-32-29(35)24-14-6-7-15-26(24)39(32,36)37/h3-8,10-15,18,25H,9,16-17,19-20H2,1-2H3,(H,30,34)/t25-/m1/s1. The van der Waals surface area contributed by atoms with Crippen LogP contribution in [0.3, 0.4) is 0 Å². The van der Waals surface area contributed by atoms with Crippen molar-refractivity contribution in [2.24, 2.45) is 0 Å². The predicted molar refractivity (Wildman–Crippen MR) is 145 cm³/mol. The van der Waals surface area contributed by atoms with Crippen LogP contribution in [-0.4, -0.2) is 62.1 Å². The molecule has 1 atom stereocenters. The molecular formula is C29H31N3O6S. The summed E-state index contributed by atoms with van der Waals surface area (Å²) >= 11 is 0. The van der Waals surface area contributed by atoms with Gasteiger partial charge >= 0.3 is 0 Å². The fourth-order valence-corrected chi connectivity index (χ4v) is 6.27. The Kier molecular flexibility index (Phi) is 8.65. The average Bonchev–Trinajstić information content (AvgIpc) is 3.15. The maximum Gasteiger partial charge on any atom is 0.269 e. The Morgan fingerprint density at radius 2 is 1.67 bits per heavy atom. The summed E-state index contributed by atoms with van der Waals surface area (Å²) in [6, 6.07) is 21.9. The van der Waals surface area contributed by atoms with E-state index in [0.717, 1.165) is 15.4 Å². The molecule has 0 radical (unpaired) electrons. The fourth-order valence-electron chi connectivity index (χ4n) is 4.66. The van der Waals surface area contributed by atoms with E-state index in [-0.39, 0.29) is 48.2 Å². The topological polar surface area (TPSA) is 113 Å². The third-order valence-electron chi connectivity index (χ3n) is 6.67. The molecule has 3 aromatic rings. The first-order valence-electron chi connectivity index (χ1n) is 12.6. The first-order chi connectivity index (χ1) is 18.8. The summed E-state index contributed by atoms with van der Waals surface area (Å²) in [5, 5.41) is 2.67. The number of likely N-dealkylation sites (N-methyl/N-ethyl adjacent to an activating group) is 1. The minimum absolute atomic E-state index is 0.0245. The highest BCUT2D eigenvalue weighted by Crippen LogP contribution is 2.30. The lowest BCUT2D eigenvalue weighted by Crippen LogP contribution is -2.49. The number of amides is 3. The van der Waals surface area contributed by atoms with E-state index in [2.05, 4.69) is 5.32 Å². The molecule has 1 aliphatic rings. The third-order valence-corrected chi connectivity index (χ3v) is 8.51. The van der Waals surface area contributed by atoms with Gasteiger partial charge in [0.2, 0.25) is 11.8 Å². The van der Waals surface area contributed by atoms with E-state index in [1.807, 2.05) is 42.5 Å². The van der Waals surface area contributed by atoms with Gasteiger partial charge in [0, 0.05) is 33.0 Å². The smallest absolute Gasteiger partial charge is 0.269 e. The highest BCUT2D eigenvalue weighted by atomic mass is 32.2. The van der Waals surface area contributed by atoms with Crippen LogP contribution in [0.25, 0.3) is 0 Å². The van der Waals surface area contributed by atoms with Crippen molar-refractivity contribution < 1.29 is 27.5 Å². The van der Waals surface area contributed by atoms with Crippen molar-refractivity contribution in [3.05, 3.63) is 95.6 Å². The first kappa shape index (κ1) is 27.8. The number of hydrogen-bond acceptors (Lipinski definition) is 6. The minimum atomic E-state index is -3.96. The molecule has 0 saturated heterocycles. The van der Waals surface area contributed by atoms with E-state index in [9.17, 15) is 22.8 Å². The van der Waals surface area contributed by atoms with Crippen molar-refractivity contribution in [2.45, 2.75) is 36.7 Å². The van der Waals surface area contributed by atoms with E-state index in [1.54, 1.807) is 31.4 Å². The summed E-state index contributed by atoms with van der Waals surface area (Å²) in [6.07, 6.45) is 0.352. The lowest BCUT2D eigenvalue weighted by Gasteiger charge is -2.31. The van der Waals surface area contributed by atoms with Crippen LogP contribution in [0.15, 0.2) is 83.8 Å². The summed E-state index contributed by atoms with van der Waals surface area (Å²) in [5.74, 6) is -0.623. The van der Waals surface area contributed by atoms with Gasteiger partial charge < -0.3 is 15.0 Å². The van der Waals surface area contributed by atoms with Gasteiger partial charge in [-0.3, -0.25) is 14.4 Å². The van der Waals surface area contributed by atoms with Gasteiger partial charge in [0.15, 0.2) is 0 Å². The molecule has 204 valence electrons. The maximum absolute atomic E-state index is 13.7. The van der Waals surface area contributed by atoms with Gasteiger partial charge in [-0.15, -0.1) is 0 Å². The van der Waals surface area contributed by atoms with Gasteiger partial charge in [-0.25, -0.2) is 12.7 Å². The van der Waals surface area contributed by atoms with Gasteiger partial charge in [0.1, 0.15) is 16.7 Å². The highest BCUT2D eigenvalue weighted by molar-refractivity contribution is 7.90. The third kappa shape index (κ3) is 6.12. The number of carbonyl (C=O) groups is 3. The van der Waals surface area contributed by atoms with Gasteiger partial charge in [0.25, 0.3) is 15.9 Å². The summed E-state index contributed by atoms with van der Waals surface area (Å²) in [4.78, 5) is 40.9. The molecule has 0 saturated carbocycles. The molecule has 0 fully saturated rings. The van der Waals surface area contributed by atoms with E-state index in [0.29, 0.717) is 12.2 Å². The van der Waals surface area contributed by atoms with E-state index >= 15 is 0 Å². The Morgan fingerprint density at radius 1 is 0.974 bits per heavy atom. The lowest BCUT2D eigenvalue weighted by atomic mass is 10.0. The Labute approximate surface area is 228 Å². The van der Waals surface area contributed by atoms with Crippen molar-refractivity contribution >= 4 is 27.7 Å². The summed E-state index contributed by atoms with van der Waals surface area (Å²) in [6.45, 7) is 0.00521. The molecule has 0 unspecified atom stereocenters. The highest BCUT2D eigenvalue weighted by Gasteiger charge is 2.40. The number of fused-ring (bicyclic) bond motifs is 1. The predicted octanol–water partition coefficient (Wildman–Crippen LogP) is 3.01. The SMILES string of the molecule is CNC(=O)[C@@H](Cc1ccccc1)N(Cc1cccc(OC)c1)C(=O)CCCN1C(=O)c2ccccc2S1(=O)=O. The Balaban J connectivity index is 1.55. The summed E-state index contributed by atoms with van der Waals surface area (Å²) in [5.41, 5.74) is 1.80. The van der Waals surface area contributed by atoms with Gasteiger partial charge in [-0.05, 0) is 41.8 Å². The summed E-state index contributed by atoms with van der Waals surface area (Å²) < 4.78 is 31.9. The number of benzene rings is 3. The van der Waals surface area contributed by atoms with Crippen molar-refractivity contribution in [2.75, 3.05) is 20.7 Å². The van der Waals surface area contributed by atoms with Gasteiger partial charge in [-0.2, -0.15) is 0 Å². The van der Waals surface area contributed by atoms with E-state index in [1.165, 1.54) is 24.1 Å². The number of rotatable bonds is 11. The van der Waals surface area contributed by atoms with Crippen molar-refractivity contribution in [3.8, 4) is 5.75 Å².